The van der Waals surface area contributed by atoms with E-state index in [9.17, 15) is 0 Å². The van der Waals surface area contributed by atoms with Crippen molar-refractivity contribution in [3.05, 3.63) is 81.4 Å². The summed E-state index contributed by atoms with van der Waals surface area (Å²) in [7, 11) is 0. The predicted octanol–water partition coefficient (Wildman–Crippen LogP) is 8.38. The Morgan fingerprint density at radius 1 is 0.711 bits per heavy atom. The fraction of sp³-hybridized carbons (Fsp3) is 0.371. The van der Waals surface area contributed by atoms with Crippen LogP contribution < -0.4 is 0 Å². The van der Waals surface area contributed by atoms with Gasteiger partial charge in [0.25, 0.3) is 0 Å². The zero-order valence-electron chi connectivity index (χ0n) is 23.0. The van der Waals surface area contributed by atoms with E-state index in [2.05, 4.69) is 69.1 Å². The van der Waals surface area contributed by atoms with Crippen LogP contribution in [0.25, 0.3) is 38.7 Å². The van der Waals surface area contributed by atoms with Gasteiger partial charge in [0.05, 0.1) is 5.69 Å². The van der Waals surface area contributed by atoms with Gasteiger partial charge in [0, 0.05) is 35.0 Å². The Labute approximate surface area is 225 Å². The third-order valence-electron chi connectivity index (χ3n) is 9.53. The number of aliphatic imine (C=N–C) groups is 1. The minimum absolute atomic E-state index is 0.425. The van der Waals surface area contributed by atoms with Gasteiger partial charge in [-0.15, -0.1) is 0 Å². The molecule has 0 amide bonds. The van der Waals surface area contributed by atoms with Crippen LogP contribution in [-0.4, -0.2) is 15.7 Å². The highest BCUT2D eigenvalue weighted by Crippen LogP contribution is 2.46. The van der Waals surface area contributed by atoms with Crippen molar-refractivity contribution >= 4 is 22.1 Å². The number of aromatic amines is 1. The van der Waals surface area contributed by atoms with Gasteiger partial charge in [0.15, 0.2) is 0 Å². The van der Waals surface area contributed by atoms with E-state index in [-0.39, 0.29) is 0 Å². The van der Waals surface area contributed by atoms with Crippen LogP contribution in [0.4, 0.5) is 0 Å². The normalized spacial score (nSPS) is 17.3. The maximum atomic E-state index is 5.04. The zero-order valence-corrected chi connectivity index (χ0v) is 23.0. The second-order valence-electron chi connectivity index (χ2n) is 12.4. The van der Waals surface area contributed by atoms with Crippen LogP contribution >= 0.6 is 0 Å². The maximum absolute atomic E-state index is 5.04. The van der Waals surface area contributed by atoms with Crippen LogP contribution in [-0.2, 0) is 32.1 Å². The monoisotopic (exact) mass is 497 g/mol. The minimum Gasteiger partial charge on any atom is -0.345 e. The third kappa shape index (κ3) is 3.14. The Balaban J connectivity index is 1.23. The van der Waals surface area contributed by atoms with Gasteiger partial charge in [-0.05, 0) is 106 Å². The van der Waals surface area contributed by atoms with E-state index in [1.807, 2.05) is 0 Å². The smallest absolute Gasteiger partial charge is 0.109 e. The van der Waals surface area contributed by atoms with Crippen LogP contribution in [0.1, 0.15) is 85.8 Å². The van der Waals surface area contributed by atoms with E-state index in [0.29, 0.717) is 11.8 Å². The molecule has 0 bridgehead atoms. The Morgan fingerprint density at radius 2 is 1.47 bits per heavy atom. The summed E-state index contributed by atoms with van der Waals surface area (Å²) in [6.45, 7) is 8.99. The molecule has 8 rings (SSSR count). The van der Waals surface area contributed by atoms with Crippen molar-refractivity contribution < 1.29 is 0 Å². The summed E-state index contributed by atoms with van der Waals surface area (Å²) in [5.41, 5.74) is 18.6. The minimum atomic E-state index is 0.425. The molecule has 0 saturated heterocycles. The molecule has 0 atom stereocenters. The van der Waals surface area contributed by atoms with Gasteiger partial charge >= 0.3 is 0 Å². The topological polar surface area (TPSA) is 41.0 Å². The number of rotatable bonds is 2. The number of hydrogen-bond acceptors (Lipinski definition) is 2. The number of fused-ring (bicyclic) bond motifs is 11. The number of aromatic nitrogens is 2. The quantitative estimate of drug-likeness (QED) is 0.297. The summed E-state index contributed by atoms with van der Waals surface area (Å²) < 4.78 is 0. The lowest BCUT2D eigenvalue weighted by Gasteiger charge is -2.28. The highest BCUT2D eigenvalue weighted by molar-refractivity contribution is 6.04. The SMILES string of the molecule is CC(C)C1=NC2=C(C1)c1ccc3cc4c(cc3c1CC2)CCc1c-4ccc2c1CCc1[nH]c(C(C)C)nc1-2. The second kappa shape index (κ2) is 8.02. The Kier molecular flexibility index (Phi) is 4.75. The maximum Gasteiger partial charge on any atom is 0.109 e. The molecule has 4 aromatic rings. The highest BCUT2D eigenvalue weighted by Gasteiger charge is 2.30. The van der Waals surface area contributed by atoms with Gasteiger partial charge in [0.1, 0.15) is 5.82 Å². The number of allylic oxidation sites excluding steroid dienone is 2. The van der Waals surface area contributed by atoms with Crippen molar-refractivity contribution in [3.8, 4) is 22.4 Å². The molecular formula is C35H35N3. The van der Waals surface area contributed by atoms with Crippen molar-refractivity contribution in [1.29, 1.82) is 0 Å². The Hall–Kier alpha value is -3.46. The van der Waals surface area contributed by atoms with Gasteiger partial charge in [-0.25, -0.2) is 4.98 Å². The van der Waals surface area contributed by atoms with Crippen molar-refractivity contribution in [1.82, 2.24) is 9.97 Å². The summed E-state index contributed by atoms with van der Waals surface area (Å²) in [4.78, 5) is 13.7. The first kappa shape index (κ1) is 22.5. The molecule has 0 fully saturated rings. The molecule has 4 aliphatic rings. The molecule has 0 saturated carbocycles. The third-order valence-corrected chi connectivity index (χ3v) is 9.53. The van der Waals surface area contributed by atoms with Crippen LogP contribution in [0.15, 0.2) is 47.1 Å². The van der Waals surface area contributed by atoms with Crippen LogP contribution in [0.2, 0.25) is 0 Å². The molecule has 2 heterocycles. The number of H-pyrrole nitrogens is 1. The molecule has 1 aliphatic heterocycles. The predicted molar refractivity (Wildman–Crippen MR) is 158 cm³/mol. The summed E-state index contributed by atoms with van der Waals surface area (Å²) in [5.74, 6) is 2.07. The Bertz CT molecular complexity index is 1740. The first-order chi connectivity index (χ1) is 18.5. The highest BCUT2D eigenvalue weighted by atomic mass is 14.9. The molecule has 0 radical (unpaired) electrons. The fourth-order valence-corrected chi connectivity index (χ4v) is 7.44. The standard InChI is InChI=1S/C35H35N3/c1-18(2)33-17-30-26-8-6-21-15-28-20(16-29(21)25(26)11-13-31(30)36-33)5-7-22-23-12-14-32-34(27(23)10-9-24(22)28)38-35(37-32)19(3)4/h6,8-10,15-16,18-19H,5,7,11-14,17H2,1-4H3,(H,37,38). The molecule has 0 unspecified atom stereocenters. The first-order valence-corrected chi connectivity index (χ1v) is 14.6. The number of aryl methyl sites for hydroxylation is 3. The van der Waals surface area contributed by atoms with Crippen LogP contribution in [0, 0.1) is 5.92 Å². The first-order valence-electron chi connectivity index (χ1n) is 14.6. The Morgan fingerprint density at radius 3 is 2.32 bits per heavy atom. The molecule has 3 aromatic carbocycles. The lowest BCUT2D eigenvalue weighted by Crippen LogP contribution is -2.13. The lowest BCUT2D eigenvalue weighted by atomic mass is 9.77. The van der Waals surface area contributed by atoms with Crippen molar-refractivity contribution in [2.24, 2.45) is 10.9 Å². The molecule has 3 nitrogen and oxygen atoms in total. The van der Waals surface area contributed by atoms with Gasteiger partial charge in [-0.3, -0.25) is 4.99 Å². The number of imidazole rings is 1. The number of benzene rings is 3. The molecule has 3 heteroatoms. The zero-order chi connectivity index (χ0) is 25.7. The molecule has 1 aromatic heterocycles. The second-order valence-corrected chi connectivity index (χ2v) is 12.4. The summed E-state index contributed by atoms with van der Waals surface area (Å²) in [6.07, 6.45) is 7.65. The fourth-order valence-electron chi connectivity index (χ4n) is 7.44. The van der Waals surface area contributed by atoms with Crippen molar-refractivity contribution in [2.75, 3.05) is 0 Å². The molecule has 0 spiro atoms. The molecule has 38 heavy (non-hydrogen) atoms. The molecule has 1 N–H and O–H groups in total. The lowest BCUT2D eigenvalue weighted by molar-refractivity contribution is 0.786. The summed E-state index contributed by atoms with van der Waals surface area (Å²) in [6, 6.07) is 14.5. The van der Waals surface area contributed by atoms with Crippen molar-refractivity contribution in [3.63, 3.8) is 0 Å². The summed E-state index contributed by atoms with van der Waals surface area (Å²) in [5, 5.41) is 2.85. The van der Waals surface area contributed by atoms with E-state index in [0.717, 1.165) is 50.8 Å². The van der Waals surface area contributed by atoms with E-state index < -0.39 is 0 Å². The number of nitrogens with one attached hydrogen (secondary N) is 1. The molecule has 190 valence electrons. The average Bonchev–Trinajstić information content (AvgIpc) is 3.56. The van der Waals surface area contributed by atoms with Crippen LogP contribution in [0.5, 0.6) is 0 Å². The molecular weight excluding hydrogens is 462 g/mol. The largest absolute Gasteiger partial charge is 0.345 e. The molecule has 3 aliphatic carbocycles. The van der Waals surface area contributed by atoms with Gasteiger partial charge in [-0.2, -0.15) is 0 Å². The number of hydrogen-bond donors (Lipinski definition) is 1. The van der Waals surface area contributed by atoms with Gasteiger partial charge in [-0.1, -0.05) is 58.0 Å². The van der Waals surface area contributed by atoms with E-state index in [1.54, 1.807) is 11.1 Å². The van der Waals surface area contributed by atoms with E-state index >= 15 is 0 Å². The van der Waals surface area contributed by atoms with Gasteiger partial charge < -0.3 is 4.98 Å². The van der Waals surface area contributed by atoms with E-state index in [4.69, 9.17) is 9.98 Å². The van der Waals surface area contributed by atoms with Crippen molar-refractivity contribution in [2.45, 2.75) is 78.6 Å². The van der Waals surface area contributed by atoms with Gasteiger partial charge in [0.2, 0.25) is 0 Å². The van der Waals surface area contributed by atoms with E-state index in [1.165, 1.54) is 72.5 Å². The van der Waals surface area contributed by atoms with Crippen LogP contribution in [0.3, 0.4) is 0 Å². The average molecular weight is 498 g/mol. The summed E-state index contributed by atoms with van der Waals surface area (Å²) >= 11 is 0. The number of nitrogens with zero attached hydrogens (tertiary/aromatic N) is 2.